The highest BCUT2D eigenvalue weighted by atomic mass is 32.2. The Balaban J connectivity index is 3.22. The summed E-state index contributed by atoms with van der Waals surface area (Å²) in [6.07, 6.45) is 0.254. The molecule has 1 aromatic rings. The molecule has 0 radical (unpaired) electrons. The fourth-order valence-corrected chi connectivity index (χ4v) is 3.49. The van der Waals surface area contributed by atoms with E-state index in [2.05, 4.69) is 4.72 Å². The highest BCUT2D eigenvalue weighted by Gasteiger charge is 2.27. The van der Waals surface area contributed by atoms with E-state index >= 15 is 0 Å². The van der Waals surface area contributed by atoms with Gasteiger partial charge in [-0.1, -0.05) is 6.07 Å². The van der Waals surface area contributed by atoms with Gasteiger partial charge in [-0.2, -0.15) is 0 Å². The second kappa shape index (κ2) is 5.90. The lowest BCUT2D eigenvalue weighted by Gasteiger charge is -2.25. The monoisotopic (exact) mass is 301 g/mol. The Morgan fingerprint density at radius 3 is 2.45 bits per heavy atom. The Hall–Kier alpha value is -1.44. The summed E-state index contributed by atoms with van der Waals surface area (Å²) < 4.78 is 27.1. The van der Waals surface area contributed by atoms with Crippen LogP contribution in [-0.2, 0) is 10.0 Å². The number of aromatic carboxylic acids is 1. The summed E-state index contributed by atoms with van der Waals surface area (Å²) in [6.45, 7) is 4.75. The van der Waals surface area contributed by atoms with Crippen LogP contribution in [0.1, 0.15) is 36.2 Å². The van der Waals surface area contributed by atoms with Gasteiger partial charge in [0, 0.05) is 12.1 Å². The number of carboxylic acids is 1. The number of carbonyl (C=O) groups is 1. The van der Waals surface area contributed by atoms with E-state index in [1.54, 1.807) is 20.8 Å². The molecule has 20 heavy (non-hydrogen) atoms. The molecule has 3 N–H and O–H groups in total. The Morgan fingerprint density at radius 2 is 1.95 bits per heavy atom. The fraction of sp³-hybridized carbons (Fsp3) is 0.462. The zero-order chi connectivity index (χ0) is 15.6. The lowest BCUT2D eigenvalue weighted by atomic mass is 10.0. The van der Waals surface area contributed by atoms with E-state index < -0.39 is 21.5 Å². The predicted octanol–water partition coefficient (Wildman–Crippen LogP) is 1.13. The van der Waals surface area contributed by atoms with Crippen LogP contribution in [0, 0.1) is 6.92 Å². The first kappa shape index (κ1) is 16.6. The topological polar surface area (TPSA) is 104 Å². The van der Waals surface area contributed by atoms with Crippen molar-refractivity contribution < 1.29 is 23.4 Å². The lowest BCUT2D eigenvalue weighted by Crippen LogP contribution is -2.44. The number of sulfonamides is 1. The van der Waals surface area contributed by atoms with Crippen LogP contribution in [0.15, 0.2) is 23.1 Å². The molecule has 0 atom stereocenters. The zero-order valence-corrected chi connectivity index (χ0v) is 12.5. The Morgan fingerprint density at radius 1 is 1.35 bits per heavy atom. The molecule has 0 saturated heterocycles. The molecule has 0 aliphatic carbocycles. The van der Waals surface area contributed by atoms with Crippen LogP contribution in [0.2, 0.25) is 0 Å². The quantitative estimate of drug-likeness (QED) is 0.731. The molecule has 0 aromatic heterocycles. The van der Waals surface area contributed by atoms with E-state index in [1.807, 2.05) is 0 Å². The molecule has 0 saturated carbocycles. The largest absolute Gasteiger partial charge is 0.478 e. The maximum absolute atomic E-state index is 12.3. The van der Waals surface area contributed by atoms with Crippen LogP contribution in [0.3, 0.4) is 0 Å². The standard InChI is InChI=1S/C13H19NO5S/c1-9-4-5-10(12(16)17)8-11(9)20(18,19)14-13(2,3)6-7-15/h4-5,8,14-15H,6-7H2,1-3H3,(H,16,17). The third kappa shape index (κ3) is 4.03. The van der Waals surface area contributed by atoms with Gasteiger partial charge in [0.05, 0.1) is 10.5 Å². The summed E-state index contributed by atoms with van der Waals surface area (Å²) in [7, 11) is -3.85. The first-order valence-corrected chi connectivity index (χ1v) is 7.56. The average Bonchev–Trinajstić information content (AvgIpc) is 2.26. The summed E-state index contributed by atoms with van der Waals surface area (Å²) in [5.74, 6) is -1.18. The van der Waals surface area contributed by atoms with Gasteiger partial charge in [0.25, 0.3) is 0 Å². The second-order valence-electron chi connectivity index (χ2n) is 5.25. The predicted molar refractivity (Wildman–Crippen MR) is 74.2 cm³/mol. The molecule has 7 heteroatoms. The van der Waals surface area contributed by atoms with Gasteiger partial charge in [0.2, 0.25) is 10.0 Å². The van der Waals surface area contributed by atoms with Gasteiger partial charge in [-0.05, 0) is 44.9 Å². The van der Waals surface area contributed by atoms with Crippen molar-refractivity contribution in [2.45, 2.75) is 37.6 Å². The fourth-order valence-electron chi connectivity index (χ4n) is 1.77. The molecule has 1 aromatic carbocycles. The lowest BCUT2D eigenvalue weighted by molar-refractivity contribution is 0.0696. The smallest absolute Gasteiger partial charge is 0.335 e. The number of aliphatic hydroxyl groups excluding tert-OH is 1. The summed E-state index contributed by atoms with van der Waals surface area (Å²) in [6, 6.07) is 3.95. The van der Waals surface area contributed by atoms with E-state index in [1.165, 1.54) is 12.1 Å². The summed E-state index contributed by atoms with van der Waals surface area (Å²) >= 11 is 0. The molecular formula is C13H19NO5S. The van der Waals surface area contributed by atoms with Gasteiger partial charge in [-0.3, -0.25) is 0 Å². The highest BCUT2D eigenvalue weighted by Crippen LogP contribution is 2.20. The van der Waals surface area contributed by atoms with Gasteiger partial charge in [0.1, 0.15) is 0 Å². The van der Waals surface area contributed by atoms with Crippen LogP contribution in [-0.4, -0.2) is 36.7 Å². The molecule has 6 nitrogen and oxygen atoms in total. The van der Waals surface area contributed by atoms with E-state index in [9.17, 15) is 13.2 Å². The normalized spacial score (nSPS) is 12.4. The van der Waals surface area contributed by atoms with Gasteiger partial charge in [-0.25, -0.2) is 17.9 Å². The molecule has 0 amide bonds. The van der Waals surface area contributed by atoms with Crippen molar-refractivity contribution in [1.82, 2.24) is 4.72 Å². The number of carboxylic acid groups (broad SMARTS) is 1. The van der Waals surface area contributed by atoms with Crippen LogP contribution in [0.5, 0.6) is 0 Å². The number of hydrogen-bond donors (Lipinski definition) is 3. The highest BCUT2D eigenvalue weighted by molar-refractivity contribution is 7.89. The maximum Gasteiger partial charge on any atom is 0.335 e. The number of aliphatic hydroxyl groups is 1. The second-order valence-corrected chi connectivity index (χ2v) is 6.90. The van der Waals surface area contributed by atoms with Gasteiger partial charge < -0.3 is 10.2 Å². The molecule has 0 spiro atoms. The van der Waals surface area contributed by atoms with Crippen LogP contribution in [0.4, 0.5) is 0 Å². The molecule has 0 heterocycles. The third-order valence-corrected chi connectivity index (χ3v) is 4.71. The van der Waals surface area contributed by atoms with E-state index in [-0.39, 0.29) is 23.5 Å². The Kier molecular flexibility index (Phi) is 4.90. The van der Waals surface area contributed by atoms with Crippen LogP contribution < -0.4 is 4.72 Å². The van der Waals surface area contributed by atoms with Crippen molar-refractivity contribution in [2.24, 2.45) is 0 Å². The van der Waals surface area contributed by atoms with Crippen molar-refractivity contribution in [1.29, 1.82) is 0 Å². The molecular weight excluding hydrogens is 282 g/mol. The van der Waals surface area contributed by atoms with E-state index in [0.29, 0.717) is 5.56 Å². The minimum Gasteiger partial charge on any atom is -0.478 e. The minimum atomic E-state index is -3.85. The number of aryl methyl sites for hydroxylation is 1. The van der Waals surface area contributed by atoms with E-state index in [0.717, 1.165) is 6.07 Å². The number of hydrogen-bond acceptors (Lipinski definition) is 4. The SMILES string of the molecule is Cc1ccc(C(=O)O)cc1S(=O)(=O)NC(C)(C)CCO. The summed E-state index contributed by atoms with van der Waals surface area (Å²) in [5.41, 5.74) is -0.447. The Labute approximate surface area is 118 Å². The first-order valence-electron chi connectivity index (χ1n) is 6.08. The molecule has 0 fully saturated rings. The van der Waals surface area contributed by atoms with Crippen molar-refractivity contribution in [3.63, 3.8) is 0 Å². The van der Waals surface area contributed by atoms with Crippen molar-refractivity contribution >= 4 is 16.0 Å². The van der Waals surface area contributed by atoms with Crippen molar-refractivity contribution in [2.75, 3.05) is 6.61 Å². The molecule has 0 bridgehead atoms. The third-order valence-electron chi connectivity index (χ3n) is 2.87. The number of benzene rings is 1. The molecule has 0 unspecified atom stereocenters. The maximum atomic E-state index is 12.3. The van der Waals surface area contributed by atoms with E-state index in [4.69, 9.17) is 10.2 Å². The minimum absolute atomic E-state index is 0.0663. The number of rotatable bonds is 6. The molecule has 0 aliphatic rings. The Bertz CT molecular complexity index is 607. The summed E-state index contributed by atoms with van der Waals surface area (Å²) in [5, 5.41) is 17.9. The zero-order valence-electron chi connectivity index (χ0n) is 11.7. The van der Waals surface area contributed by atoms with Gasteiger partial charge >= 0.3 is 5.97 Å². The number of nitrogens with one attached hydrogen (secondary N) is 1. The summed E-state index contributed by atoms with van der Waals surface area (Å²) in [4.78, 5) is 10.9. The first-order chi connectivity index (χ1) is 9.09. The molecule has 0 aliphatic heterocycles. The molecule has 112 valence electrons. The van der Waals surface area contributed by atoms with Crippen molar-refractivity contribution in [3.05, 3.63) is 29.3 Å². The van der Waals surface area contributed by atoms with Crippen LogP contribution >= 0.6 is 0 Å². The average molecular weight is 301 g/mol. The van der Waals surface area contributed by atoms with Gasteiger partial charge in [-0.15, -0.1) is 0 Å². The van der Waals surface area contributed by atoms with Crippen molar-refractivity contribution in [3.8, 4) is 0 Å². The molecule has 1 rings (SSSR count). The van der Waals surface area contributed by atoms with Gasteiger partial charge in [0.15, 0.2) is 0 Å². The van der Waals surface area contributed by atoms with Crippen LogP contribution in [0.25, 0.3) is 0 Å².